The molecule has 0 bridgehead atoms. The number of piperazine rings is 1. The molecule has 0 aliphatic carbocycles. The Balaban J connectivity index is 2.04. The molecular weight excluding hydrogens is 336 g/mol. The molecule has 2 heterocycles. The first-order chi connectivity index (χ1) is 9.32. The Labute approximate surface area is 134 Å². The molecule has 1 aliphatic rings. The first-order valence-electron chi connectivity index (χ1n) is 6.74. The smallest absolute Gasteiger partial charge is 0.128 e. The van der Waals surface area contributed by atoms with E-state index in [0.29, 0.717) is 4.99 Å². The Bertz CT molecular complexity index is 510. The first kappa shape index (κ1) is 15.7. The van der Waals surface area contributed by atoms with Crippen LogP contribution in [0.15, 0.2) is 16.7 Å². The minimum atomic E-state index is -0.218. The van der Waals surface area contributed by atoms with Crippen molar-refractivity contribution in [3.05, 3.63) is 22.3 Å². The molecule has 1 fully saturated rings. The fourth-order valence-electron chi connectivity index (χ4n) is 2.35. The highest BCUT2D eigenvalue weighted by atomic mass is 79.9. The van der Waals surface area contributed by atoms with Crippen LogP contribution in [0.1, 0.15) is 19.4 Å². The number of pyridine rings is 1. The number of hydrogen-bond acceptors (Lipinski definition) is 4. The third-order valence-electron chi connectivity index (χ3n) is 4.03. The monoisotopic (exact) mass is 356 g/mol. The summed E-state index contributed by atoms with van der Waals surface area (Å²) in [6.45, 7) is 10.0. The number of aromatic nitrogens is 1. The normalized spacial score (nSPS) is 17.3. The fraction of sp³-hybridized carbons (Fsp3) is 0.571. The Kier molecular flexibility index (Phi) is 4.66. The van der Waals surface area contributed by atoms with Crippen molar-refractivity contribution in [3.8, 4) is 0 Å². The van der Waals surface area contributed by atoms with Crippen LogP contribution in [-0.4, -0.2) is 46.6 Å². The van der Waals surface area contributed by atoms with Gasteiger partial charge in [0.1, 0.15) is 5.82 Å². The van der Waals surface area contributed by atoms with Crippen LogP contribution < -0.4 is 10.6 Å². The zero-order valence-corrected chi connectivity index (χ0v) is 14.6. The Hall–Kier alpha value is -0.720. The number of aryl methyl sites for hydroxylation is 1. The summed E-state index contributed by atoms with van der Waals surface area (Å²) in [6.07, 6.45) is 1.87. The maximum absolute atomic E-state index is 5.84. The van der Waals surface area contributed by atoms with Gasteiger partial charge in [-0.3, -0.25) is 4.90 Å². The van der Waals surface area contributed by atoms with Crippen molar-refractivity contribution >= 4 is 39.0 Å². The zero-order chi connectivity index (χ0) is 14.9. The van der Waals surface area contributed by atoms with Crippen LogP contribution in [-0.2, 0) is 0 Å². The van der Waals surface area contributed by atoms with Gasteiger partial charge in [-0.1, -0.05) is 12.2 Å². The van der Waals surface area contributed by atoms with Gasteiger partial charge in [-0.15, -0.1) is 0 Å². The lowest BCUT2D eigenvalue weighted by molar-refractivity contribution is 0.168. The van der Waals surface area contributed by atoms with Gasteiger partial charge in [0, 0.05) is 36.8 Å². The van der Waals surface area contributed by atoms with Gasteiger partial charge < -0.3 is 10.6 Å². The third kappa shape index (κ3) is 3.13. The van der Waals surface area contributed by atoms with Crippen molar-refractivity contribution < 1.29 is 0 Å². The van der Waals surface area contributed by atoms with E-state index in [4.69, 9.17) is 18.0 Å². The zero-order valence-electron chi connectivity index (χ0n) is 12.2. The highest BCUT2D eigenvalue weighted by molar-refractivity contribution is 9.10. The molecule has 6 heteroatoms. The molecule has 1 aromatic rings. The van der Waals surface area contributed by atoms with Crippen LogP contribution in [0.4, 0.5) is 5.82 Å². The second kappa shape index (κ2) is 5.95. The van der Waals surface area contributed by atoms with E-state index in [1.54, 1.807) is 0 Å². The number of nitrogens with two attached hydrogens (primary N) is 1. The molecule has 1 aromatic heterocycles. The van der Waals surface area contributed by atoms with Crippen LogP contribution in [0.5, 0.6) is 0 Å². The van der Waals surface area contributed by atoms with Gasteiger partial charge in [0.25, 0.3) is 0 Å². The molecule has 110 valence electrons. The fourth-order valence-corrected chi connectivity index (χ4v) is 2.69. The summed E-state index contributed by atoms with van der Waals surface area (Å²) in [5.74, 6) is 1.04. The second-order valence-electron chi connectivity index (χ2n) is 5.69. The SMILES string of the molecule is Cc1cc(N2CCN(C(C)(C)C(N)=S)CC2)ncc1Br. The summed E-state index contributed by atoms with van der Waals surface area (Å²) in [5, 5.41) is 0. The maximum Gasteiger partial charge on any atom is 0.128 e. The predicted molar refractivity (Wildman–Crippen MR) is 91.3 cm³/mol. The third-order valence-corrected chi connectivity index (χ3v) is 5.36. The molecule has 0 spiro atoms. The predicted octanol–water partition coefficient (Wildman–Crippen LogP) is 2.34. The summed E-state index contributed by atoms with van der Waals surface area (Å²) in [7, 11) is 0. The molecule has 20 heavy (non-hydrogen) atoms. The average molecular weight is 357 g/mol. The summed E-state index contributed by atoms with van der Waals surface area (Å²) in [5.41, 5.74) is 6.83. The van der Waals surface area contributed by atoms with Gasteiger partial charge >= 0.3 is 0 Å². The van der Waals surface area contributed by atoms with Gasteiger partial charge in [0.2, 0.25) is 0 Å². The minimum absolute atomic E-state index is 0.218. The van der Waals surface area contributed by atoms with Crippen LogP contribution in [0, 0.1) is 6.92 Å². The number of anilines is 1. The van der Waals surface area contributed by atoms with Crippen LogP contribution in [0.25, 0.3) is 0 Å². The molecular formula is C14H21BrN4S. The molecule has 2 N–H and O–H groups in total. The van der Waals surface area contributed by atoms with Gasteiger partial charge in [0.15, 0.2) is 0 Å². The molecule has 1 saturated heterocycles. The number of rotatable bonds is 3. The van der Waals surface area contributed by atoms with Crippen molar-refractivity contribution in [2.24, 2.45) is 5.73 Å². The summed E-state index contributed by atoms with van der Waals surface area (Å²) in [6, 6.07) is 2.12. The summed E-state index contributed by atoms with van der Waals surface area (Å²) < 4.78 is 1.05. The first-order valence-corrected chi connectivity index (χ1v) is 7.94. The largest absolute Gasteiger partial charge is 0.392 e. The van der Waals surface area contributed by atoms with E-state index >= 15 is 0 Å². The van der Waals surface area contributed by atoms with E-state index in [1.807, 2.05) is 6.20 Å². The molecule has 0 unspecified atom stereocenters. The number of nitrogens with zero attached hydrogens (tertiary/aromatic N) is 3. The van der Waals surface area contributed by atoms with Crippen molar-refractivity contribution in [1.82, 2.24) is 9.88 Å². The molecule has 0 radical (unpaired) electrons. The van der Waals surface area contributed by atoms with Crippen molar-refractivity contribution in [3.63, 3.8) is 0 Å². The molecule has 1 aliphatic heterocycles. The summed E-state index contributed by atoms with van der Waals surface area (Å²) >= 11 is 8.66. The van der Waals surface area contributed by atoms with Crippen molar-refractivity contribution in [1.29, 1.82) is 0 Å². The van der Waals surface area contributed by atoms with Crippen LogP contribution >= 0.6 is 28.1 Å². The van der Waals surface area contributed by atoms with Gasteiger partial charge in [-0.05, 0) is 48.3 Å². The molecule has 0 atom stereocenters. The van der Waals surface area contributed by atoms with E-state index in [-0.39, 0.29) is 5.54 Å². The lowest BCUT2D eigenvalue weighted by Crippen LogP contribution is -2.59. The lowest BCUT2D eigenvalue weighted by atomic mass is 10.0. The molecule has 0 aromatic carbocycles. The van der Waals surface area contributed by atoms with E-state index in [9.17, 15) is 0 Å². The lowest BCUT2D eigenvalue weighted by Gasteiger charge is -2.43. The van der Waals surface area contributed by atoms with Crippen molar-refractivity contribution in [2.45, 2.75) is 26.3 Å². The minimum Gasteiger partial charge on any atom is -0.392 e. The number of thiocarbonyl (C=S) groups is 1. The molecule has 0 saturated carbocycles. The van der Waals surface area contributed by atoms with E-state index in [2.05, 4.69) is 57.6 Å². The van der Waals surface area contributed by atoms with Crippen molar-refractivity contribution in [2.75, 3.05) is 31.1 Å². The Morgan fingerprint density at radius 2 is 1.95 bits per heavy atom. The highest BCUT2D eigenvalue weighted by Gasteiger charge is 2.32. The van der Waals surface area contributed by atoms with E-state index in [1.165, 1.54) is 5.56 Å². The van der Waals surface area contributed by atoms with Gasteiger partial charge in [-0.25, -0.2) is 4.98 Å². The topological polar surface area (TPSA) is 45.4 Å². The Morgan fingerprint density at radius 1 is 1.35 bits per heavy atom. The Morgan fingerprint density at radius 3 is 2.45 bits per heavy atom. The van der Waals surface area contributed by atoms with Gasteiger partial charge in [-0.2, -0.15) is 0 Å². The number of hydrogen-bond donors (Lipinski definition) is 1. The quantitative estimate of drug-likeness (QED) is 0.842. The van der Waals surface area contributed by atoms with E-state index in [0.717, 1.165) is 36.5 Å². The molecule has 4 nitrogen and oxygen atoms in total. The van der Waals surface area contributed by atoms with Crippen LogP contribution in [0.3, 0.4) is 0 Å². The maximum atomic E-state index is 5.84. The average Bonchev–Trinajstić information content (AvgIpc) is 2.42. The van der Waals surface area contributed by atoms with E-state index < -0.39 is 0 Å². The molecule has 2 rings (SSSR count). The van der Waals surface area contributed by atoms with Crippen LogP contribution in [0.2, 0.25) is 0 Å². The standard InChI is InChI=1S/C14H21BrN4S/c1-10-8-12(17-9-11(10)15)18-4-6-19(7-5-18)14(2,3)13(16)20/h8-9H,4-7H2,1-3H3,(H2,16,20). The summed E-state index contributed by atoms with van der Waals surface area (Å²) in [4.78, 5) is 9.71. The molecule has 0 amide bonds. The van der Waals surface area contributed by atoms with Gasteiger partial charge in [0.05, 0.1) is 10.5 Å². The number of halogens is 1. The highest BCUT2D eigenvalue weighted by Crippen LogP contribution is 2.23. The second-order valence-corrected chi connectivity index (χ2v) is 6.98.